The predicted molar refractivity (Wildman–Crippen MR) is 138 cm³/mol. The van der Waals surface area contributed by atoms with Crippen LogP contribution in [0.25, 0.3) is 6.08 Å². The molecule has 0 saturated carbocycles. The van der Waals surface area contributed by atoms with E-state index in [4.69, 9.17) is 9.47 Å². The monoisotopic (exact) mass is 491 g/mol. The van der Waals surface area contributed by atoms with Crippen molar-refractivity contribution < 1.29 is 19.1 Å². The van der Waals surface area contributed by atoms with E-state index in [0.29, 0.717) is 29.4 Å². The number of fused-ring (bicyclic) bond motifs is 7. The fourth-order valence-electron chi connectivity index (χ4n) is 7.39. The number of nitrogens with zero attached hydrogens (tertiary/aromatic N) is 3. The van der Waals surface area contributed by atoms with E-state index in [2.05, 4.69) is 15.9 Å². The van der Waals surface area contributed by atoms with Gasteiger partial charge >= 0.3 is 0 Å². The number of piperidine rings is 3. The highest BCUT2D eigenvalue weighted by molar-refractivity contribution is 5.89. The molecule has 7 nitrogen and oxygen atoms in total. The van der Waals surface area contributed by atoms with Crippen LogP contribution in [-0.2, 0) is 16.0 Å². The molecular formula is C29H37N3O4. The van der Waals surface area contributed by atoms with Crippen molar-refractivity contribution in [2.24, 2.45) is 11.8 Å². The van der Waals surface area contributed by atoms with Crippen LogP contribution in [-0.4, -0.2) is 79.0 Å². The number of hydrogen-bond donors (Lipinski definition) is 0. The third-order valence-electron chi connectivity index (χ3n) is 9.02. The van der Waals surface area contributed by atoms with Gasteiger partial charge in [0, 0.05) is 25.3 Å². The summed E-state index contributed by atoms with van der Waals surface area (Å²) in [5.41, 5.74) is 3.27. The minimum atomic E-state index is -0.0733. The molecule has 7 heteroatoms. The average molecular weight is 492 g/mol. The summed E-state index contributed by atoms with van der Waals surface area (Å²) in [6, 6.07) is 4.65. The predicted octanol–water partition coefficient (Wildman–Crippen LogP) is 3.48. The lowest BCUT2D eigenvalue weighted by Crippen LogP contribution is -2.60. The van der Waals surface area contributed by atoms with Crippen LogP contribution in [0.5, 0.6) is 11.5 Å². The van der Waals surface area contributed by atoms with Gasteiger partial charge in [0.05, 0.1) is 26.7 Å². The van der Waals surface area contributed by atoms with E-state index in [1.807, 2.05) is 18.2 Å². The Hall–Kier alpha value is -2.80. The lowest BCUT2D eigenvalue weighted by molar-refractivity contribution is -0.141. The largest absolute Gasteiger partial charge is 0.493 e. The van der Waals surface area contributed by atoms with Crippen LogP contribution in [0.4, 0.5) is 0 Å². The van der Waals surface area contributed by atoms with Gasteiger partial charge in [-0.2, -0.15) is 0 Å². The zero-order valence-corrected chi connectivity index (χ0v) is 21.4. The summed E-state index contributed by atoms with van der Waals surface area (Å²) in [5, 5.41) is 0. The smallest absolute Gasteiger partial charge is 0.243 e. The van der Waals surface area contributed by atoms with E-state index < -0.39 is 0 Å². The molecule has 1 aromatic carbocycles. The van der Waals surface area contributed by atoms with Crippen LogP contribution in [0.3, 0.4) is 0 Å². The zero-order chi connectivity index (χ0) is 24.8. The van der Waals surface area contributed by atoms with E-state index in [1.165, 1.54) is 37.8 Å². The molecule has 3 fully saturated rings. The Labute approximate surface area is 213 Å². The summed E-state index contributed by atoms with van der Waals surface area (Å²) >= 11 is 0. The summed E-state index contributed by atoms with van der Waals surface area (Å²) in [6.07, 6.45) is 13.7. The topological polar surface area (TPSA) is 62.3 Å². The molecule has 2 amide bonds. The summed E-state index contributed by atoms with van der Waals surface area (Å²) in [7, 11) is 3.20. The second-order valence-corrected chi connectivity index (χ2v) is 11.0. The van der Waals surface area contributed by atoms with Crippen molar-refractivity contribution in [3.63, 3.8) is 0 Å². The fourth-order valence-corrected chi connectivity index (χ4v) is 7.39. The number of methoxy groups -OCH3 is 2. The first kappa shape index (κ1) is 23.6. The van der Waals surface area contributed by atoms with Crippen LogP contribution in [0.2, 0.25) is 0 Å². The molecule has 0 radical (unpaired) electrons. The van der Waals surface area contributed by atoms with E-state index >= 15 is 0 Å². The molecule has 1 aromatic rings. The van der Waals surface area contributed by atoms with Gasteiger partial charge in [-0.25, -0.2) is 0 Å². The molecule has 0 N–H and O–H groups in total. The molecule has 192 valence electrons. The van der Waals surface area contributed by atoms with Crippen LogP contribution in [0.15, 0.2) is 30.0 Å². The molecule has 0 spiro atoms. The maximum atomic E-state index is 13.7. The van der Waals surface area contributed by atoms with Crippen molar-refractivity contribution in [3.05, 3.63) is 41.1 Å². The van der Waals surface area contributed by atoms with Crippen molar-refractivity contribution in [2.75, 3.05) is 40.4 Å². The number of ether oxygens (including phenoxy) is 2. The molecule has 4 atom stereocenters. The number of rotatable bonds is 4. The second-order valence-electron chi connectivity index (χ2n) is 11.0. The molecule has 2 bridgehead atoms. The third kappa shape index (κ3) is 4.11. The number of hydrogen-bond acceptors (Lipinski definition) is 5. The first-order valence-corrected chi connectivity index (χ1v) is 13.5. The van der Waals surface area contributed by atoms with Gasteiger partial charge in [-0.3, -0.25) is 14.5 Å². The number of amides is 2. The number of benzene rings is 1. The molecule has 0 aromatic heterocycles. The second kappa shape index (κ2) is 9.58. The Morgan fingerprint density at radius 1 is 1.08 bits per heavy atom. The first-order valence-electron chi connectivity index (χ1n) is 13.5. The standard InChI is InChI=1S/C29H37N3O4/c1-35-25-14-19-8-11-31(27(33)16-21(19)15-26(25)36-2)18-28(34)32-10-5-6-20-12-22-13-23(29(20)32)17-30-9-4-3-7-24(22)30/h8,11-12,14-15,22-24,29H,3-7,9-10,13,16-18H2,1-2H3/t22-,23+,24-,29-/m1/s1. The lowest BCUT2D eigenvalue weighted by Gasteiger charge is -2.54. The minimum absolute atomic E-state index is 0.0592. The maximum Gasteiger partial charge on any atom is 0.243 e. The minimum Gasteiger partial charge on any atom is -0.493 e. The fraction of sp³-hybridized carbons (Fsp3) is 0.586. The van der Waals surface area contributed by atoms with Crippen LogP contribution in [0, 0.1) is 11.8 Å². The molecule has 4 heterocycles. The van der Waals surface area contributed by atoms with Gasteiger partial charge in [0.2, 0.25) is 11.8 Å². The van der Waals surface area contributed by atoms with E-state index in [9.17, 15) is 9.59 Å². The van der Waals surface area contributed by atoms with E-state index in [1.54, 1.807) is 25.3 Å². The summed E-state index contributed by atoms with van der Waals surface area (Å²) in [4.78, 5) is 33.3. The molecule has 36 heavy (non-hydrogen) atoms. The van der Waals surface area contributed by atoms with Crippen molar-refractivity contribution >= 4 is 17.9 Å². The van der Waals surface area contributed by atoms with Gasteiger partial charge in [-0.1, -0.05) is 18.1 Å². The van der Waals surface area contributed by atoms with Crippen LogP contribution < -0.4 is 9.47 Å². The highest BCUT2D eigenvalue weighted by Crippen LogP contribution is 2.45. The highest BCUT2D eigenvalue weighted by atomic mass is 16.5. The van der Waals surface area contributed by atoms with Gasteiger partial charge in [0.15, 0.2) is 11.5 Å². The van der Waals surface area contributed by atoms with Crippen LogP contribution in [0.1, 0.15) is 49.7 Å². The van der Waals surface area contributed by atoms with E-state index in [-0.39, 0.29) is 30.8 Å². The molecule has 6 rings (SSSR count). The maximum absolute atomic E-state index is 13.7. The van der Waals surface area contributed by atoms with E-state index in [0.717, 1.165) is 37.1 Å². The average Bonchev–Trinajstić information content (AvgIpc) is 3.05. The van der Waals surface area contributed by atoms with Crippen LogP contribution >= 0.6 is 0 Å². The molecule has 5 aliphatic rings. The molecule has 3 saturated heterocycles. The molecular weight excluding hydrogens is 454 g/mol. The van der Waals surface area contributed by atoms with Crippen molar-refractivity contribution in [1.82, 2.24) is 14.7 Å². The molecule has 1 aliphatic carbocycles. The summed E-state index contributed by atoms with van der Waals surface area (Å²) in [5.74, 6) is 2.37. The molecule has 4 aliphatic heterocycles. The normalized spacial score (nSPS) is 29.5. The summed E-state index contributed by atoms with van der Waals surface area (Å²) < 4.78 is 10.9. The Balaban J connectivity index is 1.20. The van der Waals surface area contributed by atoms with Gasteiger partial charge in [-0.05, 0) is 79.8 Å². The number of carbonyl (C=O) groups is 2. The van der Waals surface area contributed by atoms with Crippen molar-refractivity contribution in [1.29, 1.82) is 0 Å². The lowest BCUT2D eigenvalue weighted by atomic mass is 9.68. The van der Waals surface area contributed by atoms with Gasteiger partial charge < -0.3 is 19.3 Å². The van der Waals surface area contributed by atoms with Crippen molar-refractivity contribution in [3.8, 4) is 11.5 Å². The Kier molecular flexibility index (Phi) is 6.28. The first-order chi connectivity index (χ1) is 17.6. The third-order valence-corrected chi connectivity index (χ3v) is 9.02. The number of carbonyl (C=O) groups excluding carboxylic acids is 2. The Bertz CT molecular complexity index is 1110. The SMILES string of the molecule is COc1cc2c(cc1OC)CC(=O)N(CC(=O)N1CCCC3=C[C@@H]4C[C@@H](CN5CCCC[C@H]45)[C@@H]31)C=C2. The highest BCUT2D eigenvalue weighted by Gasteiger charge is 2.47. The van der Waals surface area contributed by atoms with Gasteiger partial charge in [-0.15, -0.1) is 0 Å². The van der Waals surface area contributed by atoms with Crippen molar-refractivity contribution in [2.45, 2.75) is 57.0 Å². The van der Waals surface area contributed by atoms with Gasteiger partial charge in [0.1, 0.15) is 6.54 Å². The number of likely N-dealkylation sites (tertiary alicyclic amines) is 1. The quantitative estimate of drug-likeness (QED) is 0.604. The van der Waals surface area contributed by atoms with Gasteiger partial charge in [0.25, 0.3) is 0 Å². The zero-order valence-electron chi connectivity index (χ0n) is 21.4. The summed E-state index contributed by atoms with van der Waals surface area (Å²) in [6.45, 7) is 3.18. The Morgan fingerprint density at radius 3 is 2.75 bits per heavy atom. The Morgan fingerprint density at radius 2 is 1.92 bits per heavy atom. The molecule has 0 unspecified atom stereocenters.